The molecule has 1 aliphatic carbocycles. The van der Waals surface area contributed by atoms with Crippen LogP contribution in [0.5, 0.6) is 0 Å². The van der Waals surface area contributed by atoms with Crippen LogP contribution >= 0.6 is 0 Å². The maximum absolute atomic E-state index is 13.4. The van der Waals surface area contributed by atoms with Crippen LogP contribution in [0.15, 0.2) is 60.7 Å². The van der Waals surface area contributed by atoms with Gasteiger partial charge in [0.25, 0.3) is 5.91 Å². The van der Waals surface area contributed by atoms with Crippen LogP contribution in [0, 0.1) is 5.92 Å². The SMILES string of the molecule is CN(C(=O)[C@@H](CC(=O)CN1C(=O)NC2(CCCCC2)C1=O)Cc1ccccc1)c1ccccc1. The summed E-state index contributed by atoms with van der Waals surface area (Å²) in [7, 11) is 1.70. The lowest BCUT2D eigenvalue weighted by Gasteiger charge is -2.30. The van der Waals surface area contributed by atoms with Crippen LogP contribution in [0.3, 0.4) is 0 Å². The van der Waals surface area contributed by atoms with Gasteiger partial charge in [0.15, 0.2) is 5.78 Å². The number of nitrogens with one attached hydrogen (secondary N) is 1. The van der Waals surface area contributed by atoms with Gasteiger partial charge in [-0.1, -0.05) is 67.8 Å². The molecule has 1 atom stereocenters. The van der Waals surface area contributed by atoms with Gasteiger partial charge in [-0.3, -0.25) is 19.3 Å². The van der Waals surface area contributed by atoms with Gasteiger partial charge in [0, 0.05) is 25.1 Å². The number of hydrogen-bond acceptors (Lipinski definition) is 4. The molecular weight excluding hydrogens is 430 g/mol. The van der Waals surface area contributed by atoms with E-state index in [1.807, 2.05) is 60.7 Å². The zero-order valence-electron chi connectivity index (χ0n) is 19.5. The average molecular weight is 462 g/mol. The van der Waals surface area contributed by atoms with Crippen molar-refractivity contribution in [2.24, 2.45) is 5.92 Å². The van der Waals surface area contributed by atoms with Crippen molar-refractivity contribution in [1.82, 2.24) is 10.2 Å². The first-order chi connectivity index (χ1) is 16.4. The fourth-order valence-corrected chi connectivity index (χ4v) is 5.03. The van der Waals surface area contributed by atoms with E-state index < -0.39 is 17.5 Å². The molecule has 2 aromatic rings. The van der Waals surface area contributed by atoms with E-state index in [1.165, 1.54) is 0 Å². The molecule has 2 aromatic carbocycles. The quantitative estimate of drug-likeness (QED) is 0.607. The first-order valence-corrected chi connectivity index (χ1v) is 11.9. The highest BCUT2D eigenvalue weighted by Gasteiger charge is 2.51. The van der Waals surface area contributed by atoms with Crippen LogP contribution in [0.1, 0.15) is 44.1 Å². The number of Topliss-reactive ketones (excluding diaryl/α,β-unsaturated/α-hetero) is 1. The van der Waals surface area contributed by atoms with E-state index in [0.717, 1.165) is 35.4 Å². The molecule has 1 saturated heterocycles. The Morgan fingerprint density at radius 1 is 0.971 bits per heavy atom. The number of carbonyl (C=O) groups is 4. The van der Waals surface area contributed by atoms with Crippen LogP contribution in [0.25, 0.3) is 0 Å². The average Bonchev–Trinajstić information content (AvgIpc) is 3.08. The summed E-state index contributed by atoms with van der Waals surface area (Å²) >= 11 is 0. The number of amides is 4. The number of urea groups is 1. The predicted molar refractivity (Wildman–Crippen MR) is 129 cm³/mol. The normalized spacial score (nSPS) is 18.0. The molecule has 4 rings (SSSR count). The fourth-order valence-electron chi connectivity index (χ4n) is 5.03. The summed E-state index contributed by atoms with van der Waals surface area (Å²) in [4.78, 5) is 54.7. The van der Waals surface area contributed by atoms with E-state index in [9.17, 15) is 19.2 Å². The summed E-state index contributed by atoms with van der Waals surface area (Å²) in [5, 5.41) is 2.84. The van der Waals surface area contributed by atoms with Crippen LogP contribution in [0.4, 0.5) is 10.5 Å². The minimum atomic E-state index is -0.859. The second-order valence-electron chi connectivity index (χ2n) is 9.33. The standard InChI is InChI=1S/C27H31N3O4/c1-29(22-13-7-3-8-14-22)24(32)21(17-20-11-5-2-6-12-20)18-23(31)19-30-25(33)27(28-26(30)34)15-9-4-10-16-27/h2-3,5-8,11-14,21H,4,9-10,15-19H2,1H3,(H,28,34)/t21-/m1/s1. The molecule has 1 spiro atoms. The third kappa shape index (κ3) is 5.03. The van der Waals surface area contributed by atoms with Gasteiger partial charge in [-0.15, -0.1) is 0 Å². The topological polar surface area (TPSA) is 86.8 Å². The third-order valence-corrected chi connectivity index (χ3v) is 6.91. The Balaban J connectivity index is 1.48. The van der Waals surface area contributed by atoms with E-state index >= 15 is 0 Å². The Morgan fingerprint density at radius 3 is 2.24 bits per heavy atom. The minimum absolute atomic E-state index is 0.0467. The summed E-state index contributed by atoms with van der Waals surface area (Å²) in [6, 6.07) is 18.3. The number of carbonyl (C=O) groups excluding carboxylic acids is 4. The smallest absolute Gasteiger partial charge is 0.323 e. The molecule has 0 unspecified atom stereocenters. The van der Waals surface area contributed by atoms with Gasteiger partial charge in [0.2, 0.25) is 5.91 Å². The number of ketones is 1. The lowest BCUT2D eigenvalue weighted by molar-refractivity contribution is -0.136. The van der Waals surface area contributed by atoms with Crippen LogP contribution in [-0.4, -0.2) is 47.7 Å². The van der Waals surface area contributed by atoms with Gasteiger partial charge in [0.05, 0.1) is 6.54 Å². The van der Waals surface area contributed by atoms with E-state index in [-0.39, 0.29) is 30.6 Å². The van der Waals surface area contributed by atoms with Crippen LogP contribution in [0.2, 0.25) is 0 Å². The van der Waals surface area contributed by atoms with Crippen molar-refractivity contribution in [1.29, 1.82) is 0 Å². The van der Waals surface area contributed by atoms with Crippen LogP contribution in [-0.2, 0) is 20.8 Å². The number of rotatable bonds is 8. The number of imide groups is 1. The maximum atomic E-state index is 13.4. The molecule has 1 heterocycles. The van der Waals surface area contributed by atoms with Gasteiger partial charge in [-0.2, -0.15) is 0 Å². The molecule has 0 radical (unpaired) electrons. The van der Waals surface area contributed by atoms with Gasteiger partial charge < -0.3 is 10.2 Å². The Morgan fingerprint density at radius 2 is 1.59 bits per heavy atom. The Hall–Kier alpha value is -3.48. The number of nitrogens with zero attached hydrogens (tertiary/aromatic N) is 2. The van der Waals surface area contributed by atoms with Crippen LogP contribution < -0.4 is 10.2 Å². The molecule has 4 amide bonds. The number of para-hydroxylation sites is 1. The van der Waals surface area contributed by atoms with E-state index in [4.69, 9.17) is 0 Å². The Bertz CT molecular complexity index is 1050. The summed E-state index contributed by atoms with van der Waals surface area (Å²) in [6.45, 7) is -0.306. The highest BCUT2D eigenvalue weighted by Crippen LogP contribution is 2.33. The summed E-state index contributed by atoms with van der Waals surface area (Å²) < 4.78 is 0. The summed E-state index contributed by atoms with van der Waals surface area (Å²) in [6.07, 6.45) is 4.38. The molecule has 7 nitrogen and oxygen atoms in total. The molecule has 7 heteroatoms. The third-order valence-electron chi connectivity index (χ3n) is 6.91. The largest absolute Gasteiger partial charge is 0.325 e. The van der Waals surface area contributed by atoms with Gasteiger partial charge in [-0.05, 0) is 37.0 Å². The number of hydrogen-bond donors (Lipinski definition) is 1. The summed E-state index contributed by atoms with van der Waals surface area (Å²) in [5.41, 5.74) is 0.834. The molecule has 2 aliphatic rings. The fraction of sp³-hybridized carbons (Fsp3) is 0.407. The van der Waals surface area contributed by atoms with E-state index in [1.54, 1.807) is 11.9 Å². The van der Waals surface area contributed by atoms with Crippen molar-refractivity contribution >= 4 is 29.3 Å². The lowest BCUT2D eigenvalue weighted by atomic mass is 9.81. The van der Waals surface area contributed by atoms with Crippen molar-refractivity contribution in [3.05, 3.63) is 66.2 Å². The predicted octanol–water partition coefficient (Wildman–Crippen LogP) is 3.72. The molecule has 1 N–H and O–H groups in total. The van der Waals surface area contributed by atoms with Crippen molar-refractivity contribution in [3.8, 4) is 0 Å². The summed E-state index contributed by atoms with van der Waals surface area (Å²) in [5.74, 6) is -1.39. The van der Waals surface area contributed by atoms with Crippen molar-refractivity contribution in [3.63, 3.8) is 0 Å². The lowest BCUT2D eigenvalue weighted by Crippen LogP contribution is -2.48. The molecule has 178 valence electrons. The van der Waals surface area contributed by atoms with Gasteiger partial charge in [0.1, 0.15) is 5.54 Å². The highest BCUT2D eigenvalue weighted by atomic mass is 16.2. The zero-order valence-corrected chi connectivity index (χ0v) is 19.5. The molecule has 0 bridgehead atoms. The van der Waals surface area contributed by atoms with Gasteiger partial charge in [-0.25, -0.2) is 4.79 Å². The first kappa shape index (κ1) is 23.7. The first-order valence-electron chi connectivity index (χ1n) is 11.9. The molecule has 1 saturated carbocycles. The van der Waals surface area contributed by atoms with Crippen molar-refractivity contribution < 1.29 is 19.2 Å². The second-order valence-corrected chi connectivity index (χ2v) is 9.33. The Labute approximate surface area is 200 Å². The van der Waals surface area contributed by atoms with Gasteiger partial charge >= 0.3 is 6.03 Å². The molecule has 34 heavy (non-hydrogen) atoms. The second kappa shape index (κ2) is 10.2. The molecule has 0 aromatic heterocycles. The zero-order chi connectivity index (χ0) is 24.1. The highest BCUT2D eigenvalue weighted by molar-refractivity contribution is 6.09. The molecular formula is C27H31N3O4. The molecule has 1 aliphatic heterocycles. The minimum Gasteiger partial charge on any atom is -0.323 e. The van der Waals surface area contributed by atoms with E-state index in [0.29, 0.717) is 19.3 Å². The Kier molecular flexibility index (Phi) is 7.10. The molecule has 2 fully saturated rings. The number of anilines is 1. The number of benzene rings is 2. The van der Waals surface area contributed by atoms with Crippen molar-refractivity contribution in [2.45, 2.75) is 50.5 Å². The van der Waals surface area contributed by atoms with E-state index in [2.05, 4.69) is 5.32 Å². The van der Waals surface area contributed by atoms with Crippen molar-refractivity contribution in [2.75, 3.05) is 18.5 Å². The monoisotopic (exact) mass is 461 g/mol. The maximum Gasteiger partial charge on any atom is 0.325 e.